The molecule has 1 amide bonds. The second kappa shape index (κ2) is 8.02. The summed E-state index contributed by atoms with van der Waals surface area (Å²) in [5.41, 5.74) is 1.16. The molecule has 4 rings (SSSR count). The molecule has 1 unspecified atom stereocenters. The van der Waals surface area contributed by atoms with Crippen molar-refractivity contribution in [3.05, 3.63) is 52.4 Å². The highest BCUT2D eigenvalue weighted by molar-refractivity contribution is 7.91. The fourth-order valence-electron chi connectivity index (χ4n) is 3.89. The van der Waals surface area contributed by atoms with Crippen LogP contribution >= 0.6 is 22.9 Å². The molecule has 0 N–H and O–H groups in total. The fourth-order valence-corrected chi connectivity index (χ4v) is 6.99. The predicted octanol–water partition coefficient (Wildman–Crippen LogP) is 3.62. The predicted molar refractivity (Wildman–Crippen MR) is 108 cm³/mol. The normalized spacial score (nSPS) is 21.8. The number of hydrogen-bond donors (Lipinski definition) is 0. The Bertz CT molecular complexity index is 940. The van der Waals surface area contributed by atoms with Crippen molar-refractivity contribution in [2.45, 2.75) is 35.6 Å². The van der Waals surface area contributed by atoms with E-state index in [1.54, 1.807) is 12.1 Å². The second-order valence-electron chi connectivity index (χ2n) is 7.02. The van der Waals surface area contributed by atoms with E-state index in [9.17, 15) is 13.2 Å². The third-order valence-electron chi connectivity index (χ3n) is 5.28. The van der Waals surface area contributed by atoms with E-state index in [4.69, 9.17) is 16.3 Å². The van der Waals surface area contributed by atoms with E-state index >= 15 is 0 Å². The number of benzene rings is 1. The van der Waals surface area contributed by atoms with E-state index in [1.807, 2.05) is 35.2 Å². The molecule has 0 radical (unpaired) electrons. The van der Waals surface area contributed by atoms with E-state index in [-0.39, 0.29) is 22.4 Å². The molecule has 1 atom stereocenters. The van der Waals surface area contributed by atoms with E-state index in [1.165, 1.54) is 4.31 Å². The summed E-state index contributed by atoms with van der Waals surface area (Å²) in [6.45, 7) is 1.13. The van der Waals surface area contributed by atoms with Gasteiger partial charge in [0.05, 0.1) is 10.4 Å². The summed E-state index contributed by atoms with van der Waals surface area (Å²) in [6, 6.07) is 13.1. The van der Waals surface area contributed by atoms with E-state index < -0.39 is 10.0 Å². The quantitative estimate of drug-likeness (QED) is 0.712. The van der Waals surface area contributed by atoms with Crippen LogP contribution in [-0.4, -0.2) is 55.5 Å². The van der Waals surface area contributed by atoms with Crippen molar-refractivity contribution >= 4 is 39.1 Å². The highest BCUT2D eigenvalue weighted by Crippen LogP contribution is 2.31. The van der Waals surface area contributed by atoms with Gasteiger partial charge >= 0.3 is 6.09 Å². The standard InChI is InChI=1S/C19H21ClN2O4S2/c20-17-6-7-18(27-17)28(24,25)21-10-8-15(9-11-21)22-16(13-26-19(22)23)12-14-4-2-1-3-5-14/h1-7,15-16H,8-13H2. The molecule has 2 aliphatic rings. The first-order valence-corrected chi connectivity index (χ1v) is 11.8. The smallest absolute Gasteiger partial charge is 0.410 e. The monoisotopic (exact) mass is 440 g/mol. The lowest BCUT2D eigenvalue weighted by Crippen LogP contribution is -2.50. The second-order valence-corrected chi connectivity index (χ2v) is 10.9. The third kappa shape index (κ3) is 3.91. The zero-order chi connectivity index (χ0) is 19.7. The Kier molecular flexibility index (Phi) is 5.64. The SMILES string of the molecule is O=C1OCC(Cc2ccccc2)N1C1CCN(S(=O)(=O)c2ccc(Cl)s2)CC1. The van der Waals surface area contributed by atoms with Gasteiger partial charge in [0.25, 0.3) is 10.0 Å². The molecule has 28 heavy (non-hydrogen) atoms. The summed E-state index contributed by atoms with van der Waals surface area (Å²) in [5, 5.41) is 0. The van der Waals surface area contributed by atoms with Crippen LogP contribution in [0.15, 0.2) is 46.7 Å². The molecule has 0 aliphatic carbocycles. The molecule has 2 aromatic rings. The number of rotatable bonds is 5. The van der Waals surface area contributed by atoms with Crippen molar-refractivity contribution in [3.63, 3.8) is 0 Å². The molecule has 6 nitrogen and oxygen atoms in total. The number of halogens is 1. The van der Waals surface area contributed by atoms with E-state index in [2.05, 4.69) is 0 Å². The summed E-state index contributed by atoms with van der Waals surface area (Å²) in [6.07, 6.45) is 1.63. The van der Waals surface area contributed by atoms with Crippen molar-refractivity contribution < 1.29 is 17.9 Å². The average molecular weight is 441 g/mol. The Morgan fingerprint density at radius 2 is 1.82 bits per heavy atom. The highest BCUT2D eigenvalue weighted by atomic mass is 35.5. The van der Waals surface area contributed by atoms with Gasteiger partial charge in [0.15, 0.2) is 0 Å². The van der Waals surface area contributed by atoms with Crippen molar-refractivity contribution in [2.75, 3.05) is 19.7 Å². The molecule has 3 heterocycles. The van der Waals surface area contributed by atoms with Crippen LogP contribution in [0.3, 0.4) is 0 Å². The zero-order valence-corrected chi connectivity index (χ0v) is 17.5. The minimum Gasteiger partial charge on any atom is -0.447 e. The molecule has 0 spiro atoms. The van der Waals surface area contributed by atoms with Crippen molar-refractivity contribution in [2.24, 2.45) is 0 Å². The van der Waals surface area contributed by atoms with Gasteiger partial charge in [-0.25, -0.2) is 13.2 Å². The molecule has 0 saturated carbocycles. The number of amides is 1. The maximum Gasteiger partial charge on any atom is 0.410 e. The lowest BCUT2D eigenvalue weighted by atomic mass is 10.00. The first-order valence-electron chi connectivity index (χ1n) is 9.19. The summed E-state index contributed by atoms with van der Waals surface area (Å²) in [7, 11) is -3.53. The number of nitrogens with zero attached hydrogens (tertiary/aromatic N) is 2. The first-order chi connectivity index (χ1) is 13.4. The van der Waals surface area contributed by atoms with Crippen molar-refractivity contribution in [1.82, 2.24) is 9.21 Å². The van der Waals surface area contributed by atoms with E-state index in [0.717, 1.165) is 23.3 Å². The average Bonchev–Trinajstić information content (AvgIpc) is 3.29. The third-order valence-corrected chi connectivity index (χ3v) is 8.87. The lowest BCUT2D eigenvalue weighted by Gasteiger charge is -2.37. The topological polar surface area (TPSA) is 66.9 Å². The minimum absolute atomic E-state index is 0.0120. The van der Waals surface area contributed by atoms with E-state index in [0.29, 0.717) is 36.9 Å². The Hall–Kier alpha value is -1.61. The van der Waals surface area contributed by atoms with Gasteiger partial charge in [0, 0.05) is 19.1 Å². The van der Waals surface area contributed by atoms with Crippen LogP contribution in [-0.2, 0) is 21.2 Å². The van der Waals surface area contributed by atoms with Crippen molar-refractivity contribution in [3.8, 4) is 0 Å². The van der Waals surface area contributed by atoms with Gasteiger partial charge in [-0.2, -0.15) is 4.31 Å². The number of hydrogen-bond acceptors (Lipinski definition) is 5. The zero-order valence-electron chi connectivity index (χ0n) is 15.2. The lowest BCUT2D eigenvalue weighted by molar-refractivity contribution is 0.125. The maximum atomic E-state index is 12.8. The van der Waals surface area contributed by atoms with Gasteiger partial charge < -0.3 is 4.74 Å². The minimum atomic E-state index is -3.53. The molecule has 150 valence electrons. The molecular weight excluding hydrogens is 420 g/mol. The van der Waals surface area contributed by atoms with Crippen LogP contribution in [0.2, 0.25) is 4.34 Å². The number of ether oxygens (including phenoxy) is 1. The highest BCUT2D eigenvalue weighted by Gasteiger charge is 2.41. The van der Waals surface area contributed by atoms with Gasteiger partial charge in [0.1, 0.15) is 10.8 Å². The summed E-state index contributed by atoms with van der Waals surface area (Å²) >= 11 is 6.96. The summed E-state index contributed by atoms with van der Waals surface area (Å²) < 4.78 is 33.1. The van der Waals surface area contributed by atoms with Gasteiger partial charge in [-0.05, 0) is 37.0 Å². The van der Waals surface area contributed by atoms with Gasteiger partial charge in [-0.1, -0.05) is 41.9 Å². The van der Waals surface area contributed by atoms with Crippen LogP contribution in [0.5, 0.6) is 0 Å². The van der Waals surface area contributed by atoms with Crippen LogP contribution < -0.4 is 0 Å². The molecule has 1 aromatic heterocycles. The molecule has 9 heteroatoms. The van der Waals surface area contributed by atoms with Crippen LogP contribution in [0, 0.1) is 0 Å². The molecule has 0 bridgehead atoms. The first kappa shape index (κ1) is 19.7. The van der Waals surface area contributed by atoms with Gasteiger partial charge in [0.2, 0.25) is 0 Å². The van der Waals surface area contributed by atoms with Crippen LogP contribution in [0.4, 0.5) is 4.79 Å². The fraction of sp³-hybridized carbons (Fsp3) is 0.421. The summed E-state index contributed by atoms with van der Waals surface area (Å²) in [5.74, 6) is 0. The number of thiophene rings is 1. The number of cyclic esters (lactones) is 1. The number of sulfonamides is 1. The number of carbonyl (C=O) groups is 1. The summed E-state index contributed by atoms with van der Waals surface area (Å²) in [4.78, 5) is 14.2. The molecule has 2 saturated heterocycles. The Labute approximate surface area is 173 Å². The van der Waals surface area contributed by atoms with Crippen molar-refractivity contribution in [1.29, 1.82) is 0 Å². The number of piperidine rings is 1. The Morgan fingerprint density at radius 1 is 1.11 bits per heavy atom. The molecular formula is C19H21ClN2O4S2. The molecule has 1 aromatic carbocycles. The number of carbonyl (C=O) groups excluding carboxylic acids is 1. The van der Waals surface area contributed by atoms with Crippen LogP contribution in [0.25, 0.3) is 0 Å². The maximum absolute atomic E-state index is 12.8. The van der Waals surface area contributed by atoms with Crippen LogP contribution in [0.1, 0.15) is 18.4 Å². The molecule has 2 fully saturated rings. The molecule has 2 aliphatic heterocycles. The van der Waals surface area contributed by atoms with Gasteiger partial charge in [-0.3, -0.25) is 4.90 Å². The van der Waals surface area contributed by atoms with Gasteiger partial charge in [-0.15, -0.1) is 11.3 Å². The largest absolute Gasteiger partial charge is 0.447 e. The Balaban J connectivity index is 1.43. The Morgan fingerprint density at radius 3 is 2.46 bits per heavy atom.